The zero-order chi connectivity index (χ0) is 13.9. The van der Waals surface area contributed by atoms with Gasteiger partial charge in [-0.25, -0.2) is 4.98 Å². The van der Waals surface area contributed by atoms with E-state index in [-0.39, 0.29) is 0 Å². The Morgan fingerprint density at radius 3 is 2.75 bits per heavy atom. The second-order valence-corrected chi connectivity index (χ2v) is 7.00. The number of nitrogens with one attached hydrogen (secondary N) is 1. The third-order valence-electron chi connectivity index (χ3n) is 4.58. The lowest BCUT2D eigenvalue weighted by Crippen LogP contribution is -2.20. The monoisotopic (exact) mass is 295 g/mol. The van der Waals surface area contributed by atoms with Gasteiger partial charge in [0.1, 0.15) is 0 Å². The highest BCUT2D eigenvalue weighted by molar-refractivity contribution is 7.15. The maximum absolute atomic E-state index is 5.30. The van der Waals surface area contributed by atoms with Crippen LogP contribution in [0.4, 0.5) is 5.13 Å². The number of hydrogen-bond acceptors (Lipinski definition) is 5. The molecule has 1 aromatic heterocycles. The number of nitrogens with zero attached hydrogens (tertiary/aromatic N) is 2. The van der Waals surface area contributed by atoms with Crippen LogP contribution in [0.3, 0.4) is 0 Å². The summed E-state index contributed by atoms with van der Waals surface area (Å²) in [5, 5.41) is 4.61. The van der Waals surface area contributed by atoms with Crippen molar-refractivity contribution >= 4 is 16.5 Å². The van der Waals surface area contributed by atoms with Crippen molar-refractivity contribution < 1.29 is 4.74 Å². The Balaban J connectivity index is 1.72. The van der Waals surface area contributed by atoms with Crippen LogP contribution < -0.4 is 10.2 Å². The summed E-state index contributed by atoms with van der Waals surface area (Å²) >= 11 is 1.85. The molecular weight excluding hydrogens is 270 g/mol. The number of hydrogen-bond donors (Lipinski definition) is 1. The number of ether oxygens (including phenoxy) is 1. The molecule has 1 aliphatic carbocycles. The van der Waals surface area contributed by atoms with Gasteiger partial charge in [-0.1, -0.05) is 13.3 Å². The molecule has 1 saturated heterocycles. The Kier molecular flexibility index (Phi) is 4.58. The first-order chi connectivity index (χ1) is 9.81. The minimum atomic E-state index is 0.623. The molecule has 0 amide bonds. The summed E-state index contributed by atoms with van der Waals surface area (Å²) in [6.45, 7) is 7.09. The number of anilines is 1. The Bertz CT molecular complexity index is 436. The SMILES string of the molecule is CCNCc1sc(N2CC3CCCC3C2)nc1COC. The lowest BCUT2D eigenvalue weighted by Gasteiger charge is -2.15. The average Bonchev–Trinajstić information content (AvgIpc) is 3.09. The van der Waals surface area contributed by atoms with Gasteiger partial charge < -0.3 is 15.0 Å². The van der Waals surface area contributed by atoms with Gasteiger partial charge in [0.25, 0.3) is 0 Å². The summed E-state index contributed by atoms with van der Waals surface area (Å²) in [5.74, 6) is 1.84. The van der Waals surface area contributed by atoms with Gasteiger partial charge >= 0.3 is 0 Å². The van der Waals surface area contributed by atoms with E-state index in [0.29, 0.717) is 6.61 Å². The first-order valence-corrected chi connectivity index (χ1v) is 8.56. The number of methoxy groups -OCH3 is 1. The van der Waals surface area contributed by atoms with Crippen LogP contribution in [0.5, 0.6) is 0 Å². The second-order valence-electron chi connectivity index (χ2n) is 5.94. The van der Waals surface area contributed by atoms with E-state index < -0.39 is 0 Å². The van der Waals surface area contributed by atoms with Crippen LogP contribution in [0, 0.1) is 11.8 Å². The predicted octanol–water partition coefficient (Wildman–Crippen LogP) is 2.64. The minimum Gasteiger partial charge on any atom is -0.378 e. The first kappa shape index (κ1) is 14.3. The van der Waals surface area contributed by atoms with Gasteiger partial charge in [0.2, 0.25) is 0 Å². The molecule has 0 spiro atoms. The number of thiazole rings is 1. The molecule has 2 fully saturated rings. The maximum Gasteiger partial charge on any atom is 0.185 e. The van der Waals surface area contributed by atoms with Gasteiger partial charge in [0, 0.05) is 31.6 Å². The van der Waals surface area contributed by atoms with Crippen LogP contribution in [0.2, 0.25) is 0 Å². The fourth-order valence-electron chi connectivity index (χ4n) is 3.52. The van der Waals surface area contributed by atoms with E-state index in [0.717, 1.165) is 30.6 Å². The fraction of sp³-hybridized carbons (Fsp3) is 0.800. The quantitative estimate of drug-likeness (QED) is 0.875. The highest BCUT2D eigenvalue weighted by Gasteiger charge is 2.37. The average molecular weight is 295 g/mol. The molecule has 1 saturated carbocycles. The van der Waals surface area contributed by atoms with E-state index in [1.807, 2.05) is 11.3 Å². The van der Waals surface area contributed by atoms with E-state index in [9.17, 15) is 0 Å². The summed E-state index contributed by atoms with van der Waals surface area (Å²) in [4.78, 5) is 8.68. The second kappa shape index (κ2) is 6.41. The van der Waals surface area contributed by atoms with E-state index in [1.165, 1.54) is 42.4 Å². The van der Waals surface area contributed by atoms with Gasteiger partial charge in [-0.3, -0.25) is 0 Å². The topological polar surface area (TPSA) is 37.4 Å². The molecule has 2 heterocycles. The van der Waals surface area contributed by atoms with Crippen LogP contribution in [0.25, 0.3) is 0 Å². The summed E-state index contributed by atoms with van der Waals surface area (Å²) in [6.07, 6.45) is 4.27. The van der Waals surface area contributed by atoms with Crippen LogP contribution in [-0.4, -0.2) is 31.7 Å². The largest absolute Gasteiger partial charge is 0.378 e. The van der Waals surface area contributed by atoms with Crippen LogP contribution in [-0.2, 0) is 17.9 Å². The van der Waals surface area contributed by atoms with Crippen molar-refractivity contribution in [1.82, 2.24) is 10.3 Å². The van der Waals surface area contributed by atoms with Gasteiger partial charge in [-0.2, -0.15) is 0 Å². The Morgan fingerprint density at radius 2 is 2.10 bits per heavy atom. The van der Waals surface area contributed by atoms with Crippen molar-refractivity contribution in [2.24, 2.45) is 11.8 Å². The minimum absolute atomic E-state index is 0.623. The molecule has 1 aliphatic heterocycles. The molecule has 0 radical (unpaired) electrons. The summed E-state index contributed by atoms with van der Waals surface area (Å²) in [6, 6.07) is 0. The summed E-state index contributed by atoms with van der Waals surface area (Å²) in [7, 11) is 1.75. The van der Waals surface area contributed by atoms with E-state index in [2.05, 4.69) is 17.1 Å². The van der Waals surface area contributed by atoms with Crippen molar-refractivity contribution in [1.29, 1.82) is 0 Å². The summed E-state index contributed by atoms with van der Waals surface area (Å²) in [5.41, 5.74) is 1.12. The number of aromatic nitrogens is 1. The zero-order valence-corrected chi connectivity index (χ0v) is 13.3. The molecular formula is C15H25N3OS. The van der Waals surface area contributed by atoms with Crippen molar-refractivity contribution in [3.63, 3.8) is 0 Å². The van der Waals surface area contributed by atoms with Gasteiger partial charge in [-0.15, -0.1) is 11.3 Å². The number of rotatable bonds is 6. The van der Waals surface area contributed by atoms with E-state index in [1.54, 1.807) is 7.11 Å². The van der Waals surface area contributed by atoms with Gasteiger partial charge in [0.05, 0.1) is 12.3 Å². The predicted molar refractivity (Wildman–Crippen MR) is 83.3 cm³/mol. The number of fused-ring (bicyclic) bond motifs is 1. The molecule has 112 valence electrons. The zero-order valence-electron chi connectivity index (χ0n) is 12.5. The maximum atomic E-state index is 5.30. The van der Waals surface area contributed by atoms with Crippen LogP contribution in [0.1, 0.15) is 36.8 Å². The van der Waals surface area contributed by atoms with Crippen LogP contribution in [0.15, 0.2) is 0 Å². The molecule has 0 aromatic carbocycles. The smallest absolute Gasteiger partial charge is 0.185 e. The van der Waals surface area contributed by atoms with Crippen LogP contribution >= 0.6 is 11.3 Å². The third kappa shape index (κ3) is 2.85. The molecule has 20 heavy (non-hydrogen) atoms. The van der Waals surface area contributed by atoms with E-state index in [4.69, 9.17) is 9.72 Å². The van der Waals surface area contributed by atoms with Gasteiger partial charge in [-0.05, 0) is 31.2 Å². The third-order valence-corrected chi connectivity index (χ3v) is 5.74. The molecule has 2 aliphatic rings. The van der Waals surface area contributed by atoms with Crippen molar-refractivity contribution in [3.8, 4) is 0 Å². The molecule has 5 heteroatoms. The molecule has 2 atom stereocenters. The standard InChI is InChI=1S/C15H25N3OS/c1-3-16-7-14-13(10-19-2)17-15(20-14)18-8-11-5-4-6-12(11)9-18/h11-12,16H,3-10H2,1-2H3. The Hall–Kier alpha value is -0.650. The highest BCUT2D eigenvalue weighted by Crippen LogP contribution is 2.41. The molecule has 3 rings (SSSR count). The van der Waals surface area contributed by atoms with Gasteiger partial charge in [0.15, 0.2) is 5.13 Å². The molecule has 1 aromatic rings. The summed E-state index contributed by atoms with van der Waals surface area (Å²) < 4.78 is 5.30. The van der Waals surface area contributed by atoms with Crippen molar-refractivity contribution in [2.75, 3.05) is 31.6 Å². The Morgan fingerprint density at radius 1 is 1.35 bits per heavy atom. The molecule has 0 bridgehead atoms. The normalized spacial score (nSPS) is 25.4. The lowest BCUT2D eigenvalue weighted by atomic mass is 10.0. The first-order valence-electron chi connectivity index (χ1n) is 7.75. The Labute approximate surface area is 125 Å². The molecule has 4 nitrogen and oxygen atoms in total. The molecule has 2 unspecified atom stereocenters. The highest BCUT2D eigenvalue weighted by atomic mass is 32.1. The van der Waals surface area contributed by atoms with E-state index >= 15 is 0 Å². The molecule has 1 N–H and O–H groups in total. The fourth-order valence-corrected chi connectivity index (χ4v) is 4.57. The van der Waals surface area contributed by atoms with Crippen molar-refractivity contribution in [3.05, 3.63) is 10.6 Å². The van der Waals surface area contributed by atoms with Crippen molar-refractivity contribution in [2.45, 2.75) is 39.3 Å². The lowest BCUT2D eigenvalue weighted by molar-refractivity contribution is 0.181.